The van der Waals surface area contributed by atoms with Gasteiger partial charge < -0.3 is 15.0 Å². The van der Waals surface area contributed by atoms with Crippen LogP contribution in [0.5, 0.6) is 0 Å². The predicted octanol–water partition coefficient (Wildman–Crippen LogP) is 3.99. The van der Waals surface area contributed by atoms with Crippen LogP contribution in [0.25, 0.3) is 0 Å². The lowest BCUT2D eigenvalue weighted by Crippen LogP contribution is -2.45. The molecule has 0 spiro atoms. The molecular weight excluding hydrogens is 436 g/mol. The molecule has 2 heterocycles. The number of aryl methyl sites for hydroxylation is 2. The summed E-state index contributed by atoms with van der Waals surface area (Å²) in [6, 6.07) is 7.86. The van der Waals surface area contributed by atoms with Gasteiger partial charge in [-0.25, -0.2) is 4.98 Å². The van der Waals surface area contributed by atoms with Crippen LogP contribution in [0.15, 0.2) is 29.6 Å². The number of carbonyl (C=O) groups is 2. The monoisotopic (exact) mass is 472 g/mol. The van der Waals surface area contributed by atoms with E-state index < -0.39 is 0 Å². The second kappa shape index (κ2) is 13.4. The predicted molar refractivity (Wildman–Crippen MR) is 133 cm³/mol. The van der Waals surface area contributed by atoms with E-state index in [1.165, 1.54) is 42.6 Å². The summed E-state index contributed by atoms with van der Waals surface area (Å²) >= 11 is 1.39. The number of benzene rings is 1. The van der Waals surface area contributed by atoms with Crippen molar-refractivity contribution < 1.29 is 14.3 Å². The zero-order valence-electron chi connectivity index (χ0n) is 19.8. The van der Waals surface area contributed by atoms with Crippen LogP contribution in [0, 0.1) is 6.92 Å². The fraction of sp³-hybridized carbons (Fsp3) is 0.560. The molecule has 0 unspecified atom stereocenters. The lowest BCUT2D eigenvalue weighted by Gasteiger charge is -2.30. The molecular formula is C25H36N4O3S. The molecule has 33 heavy (non-hydrogen) atoms. The van der Waals surface area contributed by atoms with E-state index in [9.17, 15) is 9.59 Å². The van der Waals surface area contributed by atoms with Crippen LogP contribution in [0.4, 0.5) is 5.13 Å². The first-order valence-electron chi connectivity index (χ1n) is 12.0. The number of anilines is 1. The van der Waals surface area contributed by atoms with Crippen molar-refractivity contribution >= 4 is 28.3 Å². The number of thiazole rings is 1. The van der Waals surface area contributed by atoms with Gasteiger partial charge in [-0.2, -0.15) is 0 Å². The van der Waals surface area contributed by atoms with Gasteiger partial charge in [0.1, 0.15) is 6.54 Å². The van der Waals surface area contributed by atoms with Gasteiger partial charge in [-0.1, -0.05) is 38.3 Å². The van der Waals surface area contributed by atoms with Crippen LogP contribution in [-0.2, 0) is 16.0 Å². The average molecular weight is 473 g/mol. The number of amides is 2. The Bertz CT molecular complexity index is 878. The highest BCUT2D eigenvalue weighted by Crippen LogP contribution is 2.15. The van der Waals surface area contributed by atoms with E-state index in [-0.39, 0.29) is 18.4 Å². The molecule has 0 radical (unpaired) electrons. The highest BCUT2D eigenvalue weighted by Gasteiger charge is 2.21. The van der Waals surface area contributed by atoms with Gasteiger partial charge in [-0.05, 0) is 37.5 Å². The van der Waals surface area contributed by atoms with E-state index in [4.69, 9.17) is 4.74 Å². The lowest BCUT2D eigenvalue weighted by molar-refractivity contribution is -0.117. The topological polar surface area (TPSA) is 74.8 Å². The molecule has 1 aromatic carbocycles. The van der Waals surface area contributed by atoms with Crippen LogP contribution < -0.4 is 5.32 Å². The molecule has 1 fully saturated rings. The van der Waals surface area contributed by atoms with E-state index in [0.717, 1.165) is 25.2 Å². The minimum Gasteiger partial charge on any atom is -0.379 e. The van der Waals surface area contributed by atoms with Gasteiger partial charge in [0, 0.05) is 37.1 Å². The Morgan fingerprint density at radius 3 is 2.58 bits per heavy atom. The van der Waals surface area contributed by atoms with Crippen molar-refractivity contribution in [2.75, 3.05) is 51.3 Å². The third-order valence-electron chi connectivity index (χ3n) is 5.80. The highest BCUT2D eigenvalue weighted by molar-refractivity contribution is 7.13. The quantitative estimate of drug-likeness (QED) is 0.473. The van der Waals surface area contributed by atoms with Gasteiger partial charge in [-0.3, -0.25) is 14.5 Å². The molecule has 180 valence electrons. The molecule has 7 nitrogen and oxygen atoms in total. The summed E-state index contributed by atoms with van der Waals surface area (Å²) in [5, 5.41) is 5.27. The number of rotatable bonds is 12. The average Bonchev–Trinajstić information content (AvgIpc) is 3.24. The summed E-state index contributed by atoms with van der Waals surface area (Å²) in [7, 11) is 0. The number of ether oxygens (including phenoxy) is 1. The van der Waals surface area contributed by atoms with Gasteiger partial charge in [0.15, 0.2) is 5.13 Å². The first-order chi connectivity index (χ1) is 16.0. The molecule has 1 aromatic heterocycles. The van der Waals surface area contributed by atoms with Crippen molar-refractivity contribution in [3.8, 4) is 0 Å². The molecule has 0 saturated carbocycles. The van der Waals surface area contributed by atoms with Crippen LogP contribution in [0.2, 0.25) is 0 Å². The number of morpholine rings is 1. The largest absolute Gasteiger partial charge is 0.379 e. The molecule has 1 aliphatic heterocycles. The van der Waals surface area contributed by atoms with Gasteiger partial charge >= 0.3 is 0 Å². The Labute approximate surface area is 201 Å². The third-order valence-corrected chi connectivity index (χ3v) is 6.67. The lowest BCUT2D eigenvalue weighted by atomic mass is 10.0. The fourth-order valence-corrected chi connectivity index (χ4v) is 4.54. The van der Waals surface area contributed by atoms with E-state index >= 15 is 0 Å². The van der Waals surface area contributed by atoms with Crippen molar-refractivity contribution in [3.05, 3.63) is 46.5 Å². The number of aromatic nitrogens is 1. The summed E-state index contributed by atoms with van der Waals surface area (Å²) < 4.78 is 5.42. The van der Waals surface area contributed by atoms with Crippen LogP contribution >= 0.6 is 11.3 Å². The van der Waals surface area contributed by atoms with Gasteiger partial charge in [-0.15, -0.1) is 11.3 Å². The molecule has 1 aliphatic rings. The van der Waals surface area contributed by atoms with Crippen LogP contribution in [0.3, 0.4) is 0 Å². The maximum absolute atomic E-state index is 13.3. The SMILES string of the molecule is CCCCCCc1ccc(C(=O)N(CCN2CCOCC2)CC(=O)Nc2nc(C)cs2)cc1. The normalized spacial score (nSPS) is 14.2. The van der Waals surface area contributed by atoms with Crippen LogP contribution in [0.1, 0.15) is 54.2 Å². The minimum absolute atomic E-state index is 0.000566. The third kappa shape index (κ3) is 8.53. The smallest absolute Gasteiger partial charge is 0.254 e. The van der Waals surface area contributed by atoms with Gasteiger partial charge in [0.05, 0.1) is 18.9 Å². The number of nitrogens with one attached hydrogen (secondary N) is 1. The van der Waals surface area contributed by atoms with Gasteiger partial charge in [0.25, 0.3) is 5.91 Å². The first kappa shape index (κ1) is 25.3. The molecule has 0 atom stereocenters. The first-order valence-corrected chi connectivity index (χ1v) is 12.8. The number of carbonyl (C=O) groups excluding carboxylic acids is 2. The zero-order valence-corrected chi connectivity index (χ0v) is 20.7. The van der Waals surface area contributed by atoms with Gasteiger partial charge in [0.2, 0.25) is 5.91 Å². The summed E-state index contributed by atoms with van der Waals surface area (Å²) in [6.45, 7) is 8.41. The Balaban J connectivity index is 1.61. The van der Waals surface area contributed by atoms with E-state index in [0.29, 0.717) is 37.0 Å². The number of hydrogen-bond acceptors (Lipinski definition) is 6. The molecule has 1 N–H and O–H groups in total. The van der Waals surface area contributed by atoms with Crippen molar-refractivity contribution in [1.29, 1.82) is 0 Å². The molecule has 0 aliphatic carbocycles. The van der Waals surface area contributed by atoms with Crippen molar-refractivity contribution in [3.63, 3.8) is 0 Å². The summed E-state index contributed by atoms with van der Waals surface area (Å²) in [6.07, 6.45) is 5.93. The number of nitrogens with zero attached hydrogens (tertiary/aromatic N) is 3. The zero-order chi connectivity index (χ0) is 23.5. The Kier molecular flexibility index (Phi) is 10.3. The number of hydrogen-bond donors (Lipinski definition) is 1. The second-order valence-electron chi connectivity index (χ2n) is 8.53. The molecule has 8 heteroatoms. The van der Waals surface area contributed by atoms with Crippen molar-refractivity contribution in [1.82, 2.24) is 14.8 Å². The standard InChI is InChI=1S/C25H36N4O3S/c1-3-4-5-6-7-21-8-10-22(11-9-21)24(31)29(13-12-28-14-16-32-17-15-28)18-23(30)27-25-26-20(2)19-33-25/h8-11,19H,3-7,12-18H2,1-2H3,(H,26,27,30). The highest BCUT2D eigenvalue weighted by atomic mass is 32.1. The van der Waals surface area contributed by atoms with E-state index in [1.54, 1.807) is 4.90 Å². The molecule has 3 rings (SSSR count). The Hall–Kier alpha value is -2.29. The van der Waals surface area contributed by atoms with Crippen molar-refractivity contribution in [2.24, 2.45) is 0 Å². The number of unbranched alkanes of at least 4 members (excludes halogenated alkanes) is 3. The molecule has 2 aromatic rings. The van der Waals surface area contributed by atoms with E-state index in [1.807, 2.05) is 36.6 Å². The molecule has 2 amide bonds. The fourth-order valence-electron chi connectivity index (χ4n) is 3.84. The minimum atomic E-state index is -0.229. The van der Waals surface area contributed by atoms with Crippen molar-refractivity contribution in [2.45, 2.75) is 46.0 Å². The molecule has 1 saturated heterocycles. The maximum Gasteiger partial charge on any atom is 0.254 e. The summed E-state index contributed by atoms with van der Waals surface area (Å²) in [5.74, 6) is -0.349. The van der Waals surface area contributed by atoms with E-state index in [2.05, 4.69) is 22.1 Å². The van der Waals surface area contributed by atoms with Crippen LogP contribution in [-0.4, -0.2) is 72.5 Å². The second-order valence-corrected chi connectivity index (χ2v) is 9.39. The summed E-state index contributed by atoms with van der Waals surface area (Å²) in [4.78, 5) is 34.2. The Morgan fingerprint density at radius 1 is 1.15 bits per heavy atom. The molecule has 0 bridgehead atoms. The maximum atomic E-state index is 13.3. The summed E-state index contributed by atoms with van der Waals surface area (Å²) in [5.41, 5.74) is 2.73. The Morgan fingerprint density at radius 2 is 1.91 bits per heavy atom.